The summed E-state index contributed by atoms with van der Waals surface area (Å²) in [6.45, 7) is 6.46. The van der Waals surface area contributed by atoms with Crippen LogP contribution in [0, 0.1) is 13.8 Å². The Morgan fingerprint density at radius 2 is 2.00 bits per heavy atom. The van der Waals surface area contributed by atoms with E-state index in [1.54, 1.807) is 0 Å². The zero-order valence-electron chi connectivity index (χ0n) is 9.05. The summed E-state index contributed by atoms with van der Waals surface area (Å²) in [6.07, 6.45) is 4.18. The van der Waals surface area contributed by atoms with Crippen LogP contribution in [0.1, 0.15) is 30.0 Å². The molecule has 0 N–H and O–H groups in total. The third-order valence-corrected chi connectivity index (χ3v) is 2.61. The minimum absolute atomic E-state index is 1.03. The summed E-state index contributed by atoms with van der Waals surface area (Å²) in [6, 6.07) is 4.33. The first-order valence-corrected chi connectivity index (χ1v) is 5.19. The highest BCUT2D eigenvalue weighted by molar-refractivity contribution is 5.85. The van der Waals surface area contributed by atoms with Crippen molar-refractivity contribution >= 4 is 11.0 Å². The predicted molar refractivity (Wildman–Crippen MR) is 59.7 cm³/mol. The van der Waals surface area contributed by atoms with Gasteiger partial charge in [-0.15, -0.1) is 0 Å². The molecule has 0 aliphatic heterocycles. The fourth-order valence-electron chi connectivity index (χ4n) is 2.08. The number of benzene rings is 1. The van der Waals surface area contributed by atoms with Gasteiger partial charge in [-0.3, -0.25) is 0 Å². The predicted octanol–water partition coefficient (Wildman–Crippen LogP) is 4.00. The first-order chi connectivity index (χ1) is 6.72. The lowest BCUT2D eigenvalue weighted by atomic mass is 10.0. The second-order valence-corrected chi connectivity index (χ2v) is 3.97. The smallest absolute Gasteiger partial charge is 0.134 e. The maximum Gasteiger partial charge on any atom is 0.134 e. The van der Waals surface area contributed by atoms with E-state index in [1.807, 2.05) is 6.26 Å². The van der Waals surface area contributed by atoms with Crippen LogP contribution >= 0.6 is 0 Å². The van der Waals surface area contributed by atoms with Crippen molar-refractivity contribution in [3.8, 4) is 0 Å². The van der Waals surface area contributed by atoms with Crippen molar-refractivity contribution in [3.63, 3.8) is 0 Å². The molecule has 2 aromatic rings. The molecule has 1 aromatic heterocycles. The first kappa shape index (κ1) is 9.32. The van der Waals surface area contributed by atoms with Crippen molar-refractivity contribution in [3.05, 3.63) is 35.1 Å². The maximum atomic E-state index is 5.56. The average molecular weight is 188 g/mol. The zero-order valence-corrected chi connectivity index (χ0v) is 9.05. The molecule has 0 saturated heterocycles. The molecule has 1 heterocycles. The van der Waals surface area contributed by atoms with Crippen LogP contribution in [0.2, 0.25) is 0 Å². The Balaban J connectivity index is 2.66. The quantitative estimate of drug-likeness (QED) is 0.694. The molecule has 1 aromatic carbocycles. The normalized spacial score (nSPS) is 11.1. The molecule has 0 aliphatic rings. The second kappa shape index (κ2) is 3.49. The van der Waals surface area contributed by atoms with Crippen LogP contribution in [0.3, 0.4) is 0 Å². The maximum absolute atomic E-state index is 5.56. The number of fused-ring (bicyclic) bond motifs is 1. The topological polar surface area (TPSA) is 13.1 Å². The van der Waals surface area contributed by atoms with E-state index in [1.165, 1.54) is 28.5 Å². The highest BCUT2D eigenvalue weighted by atomic mass is 16.3. The SMILES string of the molecule is CCCc1coc2cc(C)cc(C)c12. The number of aryl methyl sites for hydroxylation is 3. The van der Waals surface area contributed by atoms with Crippen molar-refractivity contribution in [2.24, 2.45) is 0 Å². The van der Waals surface area contributed by atoms with Gasteiger partial charge in [0.2, 0.25) is 0 Å². The van der Waals surface area contributed by atoms with Crippen molar-refractivity contribution < 1.29 is 4.42 Å². The second-order valence-electron chi connectivity index (χ2n) is 3.97. The van der Waals surface area contributed by atoms with Crippen LogP contribution in [-0.4, -0.2) is 0 Å². The van der Waals surface area contributed by atoms with Gasteiger partial charge in [0, 0.05) is 5.39 Å². The Bertz CT molecular complexity index is 451. The van der Waals surface area contributed by atoms with Gasteiger partial charge in [0.05, 0.1) is 6.26 Å². The molecule has 0 bridgehead atoms. The molecular weight excluding hydrogens is 172 g/mol. The van der Waals surface area contributed by atoms with E-state index in [2.05, 4.69) is 32.9 Å². The van der Waals surface area contributed by atoms with E-state index in [-0.39, 0.29) is 0 Å². The van der Waals surface area contributed by atoms with Gasteiger partial charge in [0.15, 0.2) is 0 Å². The van der Waals surface area contributed by atoms with Crippen LogP contribution in [0.4, 0.5) is 0 Å². The van der Waals surface area contributed by atoms with Crippen molar-refractivity contribution in [1.29, 1.82) is 0 Å². The Morgan fingerprint density at radius 1 is 1.21 bits per heavy atom. The number of furan rings is 1. The summed E-state index contributed by atoms with van der Waals surface area (Å²) < 4.78 is 5.56. The lowest BCUT2D eigenvalue weighted by Crippen LogP contribution is -1.84. The Labute approximate surface area is 84.7 Å². The van der Waals surface area contributed by atoms with Crippen LogP contribution in [-0.2, 0) is 6.42 Å². The van der Waals surface area contributed by atoms with Gasteiger partial charge in [-0.1, -0.05) is 19.4 Å². The van der Waals surface area contributed by atoms with Gasteiger partial charge in [-0.05, 0) is 43.0 Å². The number of rotatable bonds is 2. The van der Waals surface area contributed by atoms with Gasteiger partial charge < -0.3 is 4.42 Å². The summed E-state index contributed by atoms with van der Waals surface area (Å²) in [5.41, 5.74) is 4.98. The van der Waals surface area contributed by atoms with E-state index >= 15 is 0 Å². The van der Waals surface area contributed by atoms with Crippen molar-refractivity contribution in [2.75, 3.05) is 0 Å². The molecule has 0 unspecified atom stereocenters. The molecule has 0 radical (unpaired) electrons. The van der Waals surface area contributed by atoms with Gasteiger partial charge >= 0.3 is 0 Å². The molecule has 1 heteroatoms. The zero-order chi connectivity index (χ0) is 10.1. The summed E-state index contributed by atoms with van der Waals surface area (Å²) in [5, 5.41) is 1.32. The van der Waals surface area contributed by atoms with E-state index < -0.39 is 0 Å². The minimum atomic E-state index is 1.03. The standard InChI is InChI=1S/C13H16O/c1-4-5-11-8-14-12-7-9(2)6-10(3)13(11)12/h6-8H,4-5H2,1-3H3. The lowest BCUT2D eigenvalue weighted by Gasteiger charge is -2.00. The molecule has 0 atom stereocenters. The molecule has 2 rings (SSSR count). The fourth-order valence-corrected chi connectivity index (χ4v) is 2.08. The van der Waals surface area contributed by atoms with E-state index in [0.717, 1.165) is 12.0 Å². The summed E-state index contributed by atoms with van der Waals surface area (Å²) in [7, 11) is 0. The molecule has 0 fully saturated rings. The fraction of sp³-hybridized carbons (Fsp3) is 0.385. The Morgan fingerprint density at radius 3 is 2.71 bits per heavy atom. The van der Waals surface area contributed by atoms with Gasteiger partial charge in [-0.25, -0.2) is 0 Å². The van der Waals surface area contributed by atoms with Gasteiger partial charge in [-0.2, -0.15) is 0 Å². The largest absolute Gasteiger partial charge is 0.464 e. The van der Waals surface area contributed by atoms with Gasteiger partial charge in [0.1, 0.15) is 5.58 Å². The summed E-state index contributed by atoms with van der Waals surface area (Å²) >= 11 is 0. The summed E-state index contributed by atoms with van der Waals surface area (Å²) in [4.78, 5) is 0. The third kappa shape index (κ3) is 1.43. The van der Waals surface area contributed by atoms with Gasteiger partial charge in [0.25, 0.3) is 0 Å². The van der Waals surface area contributed by atoms with Crippen LogP contribution in [0.25, 0.3) is 11.0 Å². The Kier molecular flexibility index (Phi) is 2.32. The van der Waals surface area contributed by atoms with Crippen LogP contribution in [0.15, 0.2) is 22.8 Å². The van der Waals surface area contributed by atoms with E-state index in [9.17, 15) is 0 Å². The van der Waals surface area contributed by atoms with Crippen molar-refractivity contribution in [1.82, 2.24) is 0 Å². The Hall–Kier alpha value is -1.24. The van der Waals surface area contributed by atoms with Crippen LogP contribution < -0.4 is 0 Å². The van der Waals surface area contributed by atoms with E-state index in [4.69, 9.17) is 4.42 Å². The monoisotopic (exact) mass is 188 g/mol. The lowest BCUT2D eigenvalue weighted by molar-refractivity contribution is 0.609. The first-order valence-electron chi connectivity index (χ1n) is 5.19. The highest BCUT2D eigenvalue weighted by Gasteiger charge is 2.07. The minimum Gasteiger partial charge on any atom is -0.464 e. The average Bonchev–Trinajstić information content (AvgIpc) is 2.49. The molecule has 74 valence electrons. The number of hydrogen-bond acceptors (Lipinski definition) is 1. The molecule has 0 spiro atoms. The third-order valence-electron chi connectivity index (χ3n) is 2.61. The molecule has 0 aliphatic carbocycles. The molecule has 0 saturated carbocycles. The molecule has 0 amide bonds. The highest BCUT2D eigenvalue weighted by Crippen LogP contribution is 2.26. The molecular formula is C13H16O. The molecule has 1 nitrogen and oxygen atoms in total. The van der Waals surface area contributed by atoms with Crippen LogP contribution in [0.5, 0.6) is 0 Å². The van der Waals surface area contributed by atoms with E-state index in [0.29, 0.717) is 0 Å². The summed E-state index contributed by atoms with van der Waals surface area (Å²) in [5.74, 6) is 0. The van der Waals surface area contributed by atoms with Crippen molar-refractivity contribution in [2.45, 2.75) is 33.6 Å². The molecule has 14 heavy (non-hydrogen) atoms. The number of hydrogen-bond donors (Lipinski definition) is 0.